The van der Waals surface area contributed by atoms with Gasteiger partial charge < -0.3 is 9.47 Å². The summed E-state index contributed by atoms with van der Waals surface area (Å²) >= 11 is 11.9. The van der Waals surface area contributed by atoms with Crippen molar-refractivity contribution in [3.63, 3.8) is 0 Å². The van der Waals surface area contributed by atoms with Gasteiger partial charge in [0.15, 0.2) is 5.82 Å². The van der Waals surface area contributed by atoms with Crippen LogP contribution in [0.2, 0.25) is 10.0 Å². The number of benzene rings is 5. The number of ether oxygens (including phenoxy) is 2. The molecule has 14 nitrogen and oxygen atoms in total. The van der Waals surface area contributed by atoms with Crippen LogP contribution in [-0.4, -0.2) is 93.0 Å². The Morgan fingerprint density at radius 2 is 0.987 bits per heavy atom. The first kappa shape index (κ1) is 54.0. The highest BCUT2D eigenvalue weighted by molar-refractivity contribution is 6.35. The molecule has 0 bridgehead atoms. The van der Waals surface area contributed by atoms with Crippen LogP contribution >= 0.6 is 23.2 Å². The zero-order valence-corrected chi connectivity index (χ0v) is 39.2. The van der Waals surface area contributed by atoms with Gasteiger partial charge in [0, 0.05) is 12.5 Å². The summed E-state index contributed by atoms with van der Waals surface area (Å²) in [5.41, 5.74) is -6.51. The van der Waals surface area contributed by atoms with Gasteiger partial charge in [-0.15, -0.1) is 0 Å². The molecule has 3 aliphatic rings. The molecule has 1 unspecified atom stereocenters. The van der Waals surface area contributed by atoms with Crippen LogP contribution in [0.1, 0.15) is 38.3 Å². The molecule has 0 aromatic heterocycles. The average molecular weight is 1120 g/mol. The average Bonchev–Trinajstić information content (AvgIpc) is 3.35. The fourth-order valence-electron chi connectivity index (χ4n) is 7.71. The number of amides is 8. The van der Waals surface area contributed by atoms with Crippen molar-refractivity contribution in [3.8, 4) is 17.2 Å². The highest BCUT2D eigenvalue weighted by atomic mass is 35.5. The number of carbonyl (C=O) groups excluding carboxylic acids is 6. The van der Waals surface area contributed by atoms with Crippen LogP contribution in [-0.2, 0) is 21.9 Å². The van der Waals surface area contributed by atoms with Gasteiger partial charge in [-0.25, -0.2) is 45.7 Å². The van der Waals surface area contributed by atoms with Crippen LogP contribution in [0.3, 0.4) is 0 Å². The molecule has 2 saturated heterocycles. The summed E-state index contributed by atoms with van der Waals surface area (Å²) in [7, 11) is 0. The molecule has 1 aliphatic carbocycles. The first-order valence-corrected chi connectivity index (χ1v) is 22.2. The second-order valence-electron chi connectivity index (χ2n) is 16.3. The number of imide groups is 2. The lowest BCUT2D eigenvalue weighted by Gasteiger charge is -2.44. The van der Waals surface area contributed by atoms with E-state index in [0.717, 1.165) is 48.6 Å². The van der Waals surface area contributed by atoms with E-state index < -0.39 is 172 Å². The Hall–Kier alpha value is -8.26. The molecule has 5 aromatic rings. The van der Waals surface area contributed by atoms with Gasteiger partial charge in [-0.05, 0) is 84.9 Å². The van der Waals surface area contributed by atoms with E-state index in [4.69, 9.17) is 32.7 Å². The number of rotatable bonds is 8. The van der Waals surface area contributed by atoms with E-state index in [9.17, 15) is 55.1 Å². The van der Waals surface area contributed by atoms with E-state index in [0.29, 0.717) is 74.2 Å². The minimum atomic E-state index is -4.80. The number of nitrogens with zero attached hydrogens (tertiary/aromatic N) is 6. The summed E-state index contributed by atoms with van der Waals surface area (Å²) in [4.78, 5) is 86.1. The van der Waals surface area contributed by atoms with Crippen molar-refractivity contribution in [1.82, 2.24) is 24.5 Å². The van der Waals surface area contributed by atoms with Crippen LogP contribution in [0.25, 0.3) is 0 Å². The van der Waals surface area contributed by atoms with E-state index in [1.807, 2.05) is 0 Å². The second-order valence-corrected chi connectivity index (χ2v) is 17.2. The maximum atomic E-state index is 16.3. The molecule has 2 aliphatic heterocycles. The van der Waals surface area contributed by atoms with E-state index in [-0.39, 0.29) is 21.3 Å². The first-order valence-electron chi connectivity index (χ1n) is 21.4. The zero-order valence-electron chi connectivity index (χ0n) is 37.7. The van der Waals surface area contributed by atoms with Crippen LogP contribution in [0.15, 0.2) is 115 Å². The van der Waals surface area contributed by atoms with Crippen LogP contribution in [0, 0.1) is 29.1 Å². The summed E-state index contributed by atoms with van der Waals surface area (Å²) in [5, 5.41) is -1.10. The van der Waals surface area contributed by atoms with Crippen LogP contribution in [0.4, 0.5) is 68.0 Å². The summed E-state index contributed by atoms with van der Waals surface area (Å²) in [6.45, 7) is -4.96. The van der Waals surface area contributed by atoms with E-state index in [1.165, 1.54) is 0 Å². The maximum Gasteiger partial charge on any atom is 0.416 e. The standard InChI is InChI=1S/C48H28Cl2F12N6O8/c49-27-15-23(47(57,58)59)7-13-37(27)75-25-9-11-35(33(55)17-25)65-19-63(21-67(45(65)73)41(69)39-29(51)3-1-4-30(39)52)43(71)44(72)64-20-66(46(74)68(22-64)42(70)40-31(53)5-2-6-32(40)54)36-12-10-26(18-34(36)56)76-38-14-8-24(16-28(38)50)48(60,61)62/h1-17,34H,18-22H2. The summed E-state index contributed by atoms with van der Waals surface area (Å²) in [6.07, 6.45) is -10.8. The van der Waals surface area contributed by atoms with Gasteiger partial charge >= 0.3 is 36.2 Å². The monoisotopic (exact) mass is 1110 g/mol. The predicted octanol–water partition coefficient (Wildman–Crippen LogP) is 11.3. The largest absolute Gasteiger partial charge is 0.460 e. The Balaban J connectivity index is 1.12. The van der Waals surface area contributed by atoms with E-state index in [2.05, 4.69) is 0 Å². The molecule has 2 fully saturated rings. The van der Waals surface area contributed by atoms with Gasteiger partial charge in [0.25, 0.3) is 11.8 Å². The quantitative estimate of drug-likeness (QED) is 0.110. The molecule has 0 radical (unpaired) electrons. The summed E-state index contributed by atoms with van der Waals surface area (Å²) < 4.78 is 183. The van der Waals surface area contributed by atoms with Crippen molar-refractivity contribution in [2.24, 2.45) is 0 Å². The highest BCUT2D eigenvalue weighted by Gasteiger charge is 2.47. The number of halogens is 14. The normalized spacial score (nSPS) is 16.4. The minimum Gasteiger partial charge on any atom is -0.460 e. The van der Waals surface area contributed by atoms with Crippen LogP contribution in [0.5, 0.6) is 17.2 Å². The molecule has 5 aromatic carbocycles. The molecule has 8 rings (SSSR count). The van der Waals surface area contributed by atoms with Crippen LogP contribution < -0.4 is 14.4 Å². The number of urea groups is 2. The van der Waals surface area contributed by atoms with E-state index >= 15 is 26.3 Å². The summed E-state index contributed by atoms with van der Waals surface area (Å²) in [6, 6.07) is 7.43. The Labute approximate surface area is 428 Å². The topological polar surface area (TPSA) is 140 Å². The molecule has 0 spiro atoms. The molecular weight excluding hydrogens is 1090 g/mol. The van der Waals surface area contributed by atoms with Gasteiger partial charge in [-0.2, -0.15) is 26.3 Å². The first-order chi connectivity index (χ1) is 35.7. The molecular formula is C48H28Cl2F12N6O8. The third kappa shape index (κ3) is 10.8. The van der Waals surface area contributed by atoms with Crippen molar-refractivity contribution < 1.29 is 90.9 Å². The minimum absolute atomic E-state index is 0.0230. The van der Waals surface area contributed by atoms with Gasteiger partial charge in [0.2, 0.25) is 0 Å². The smallest absolute Gasteiger partial charge is 0.416 e. The number of hydrogen-bond acceptors (Lipinski definition) is 8. The third-order valence-corrected chi connectivity index (χ3v) is 12.0. The maximum absolute atomic E-state index is 16.3. The molecule has 1 atom stereocenters. The molecule has 76 heavy (non-hydrogen) atoms. The van der Waals surface area contributed by atoms with Gasteiger partial charge in [-0.3, -0.25) is 38.8 Å². The molecule has 28 heteroatoms. The molecule has 396 valence electrons. The third-order valence-electron chi connectivity index (χ3n) is 11.4. The Bertz CT molecular complexity index is 3280. The van der Waals surface area contributed by atoms with Gasteiger partial charge in [0.1, 0.15) is 90.2 Å². The number of allylic oxidation sites excluding steroid dienone is 4. The van der Waals surface area contributed by atoms with E-state index in [1.54, 1.807) is 0 Å². The lowest BCUT2D eigenvalue weighted by Crippen LogP contribution is -2.66. The second kappa shape index (κ2) is 20.8. The summed E-state index contributed by atoms with van der Waals surface area (Å²) in [5.74, 6) is -16.1. The molecule has 2 heterocycles. The predicted molar refractivity (Wildman–Crippen MR) is 239 cm³/mol. The Morgan fingerprint density at radius 1 is 0.539 bits per heavy atom. The Kier molecular flexibility index (Phi) is 14.8. The zero-order chi connectivity index (χ0) is 55.3. The van der Waals surface area contributed by atoms with Gasteiger partial charge in [-0.1, -0.05) is 35.3 Å². The Morgan fingerprint density at radius 3 is 1.42 bits per heavy atom. The molecule has 8 amide bonds. The highest BCUT2D eigenvalue weighted by Crippen LogP contribution is 2.40. The number of hydrogen-bond donors (Lipinski definition) is 0. The number of alkyl halides is 7. The molecule has 0 N–H and O–H groups in total. The van der Waals surface area contributed by atoms with Crippen molar-refractivity contribution in [2.75, 3.05) is 31.6 Å². The number of anilines is 1. The fraction of sp³-hybridized carbons (Fsp3) is 0.167. The fourth-order valence-corrected chi connectivity index (χ4v) is 8.14. The lowest BCUT2D eigenvalue weighted by molar-refractivity contribution is -0.155. The van der Waals surface area contributed by atoms with Crippen molar-refractivity contribution >= 4 is 64.6 Å². The number of carbonyl (C=O) groups is 6. The van der Waals surface area contributed by atoms with Crippen molar-refractivity contribution in [2.45, 2.75) is 24.9 Å². The molecule has 0 saturated carbocycles. The SMILES string of the molecule is O=C(C(=O)N1CN(C(=O)c2c(F)cccc2F)C(=O)N(c2ccc(Oc3ccc(C(F)(F)F)cc3Cl)cc2F)C1)N1CN(C(=O)c2c(F)cccc2F)C(=O)N(C2=CC=C(Oc3ccc(C(F)(F)F)cc3Cl)CC2F)C1. The van der Waals surface area contributed by atoms with Crippen molar-refractivity contribution in [1.29, 1.82) is 0 Å². The van der Waals surface area contributed by atoms with Gasteiger partial charge in [0.05, 0.1) is 32.6 Å². The van der Waals surface area contributed by atoms with Crippen molar-refractivity contribution in [3.05, 3.63) is 176 Å². The lowest BCUT2D eigenvalue weighted by atomic mass is 10.1.